The second-order valence-corrected chi connectivity index (χ2v) is 11.9. The van der Waals surface area contributed by atoms with Gasteiger partial charge in [0.15, 0.2) is 0 Å². The minimum absolute atomic E-state index is 0.169. The van der Waals surface area contributed by atoms with E-state index in [1.54, 1.807) is 0 Å². The summed E-state index contributed by atoms with van der Waals surface area (Å²) in [5.41, 5.74) is 0. The van der Waals surface area contributed by atoms with Gasteiger partial charge in [-0.25, -0.2) is 0 Å². The summed E-state index contributed by atoms with van der Waals surface area (Å²) in [5, 5.41) is 9.53. The zero-order valence-electron chi connectivity index (χ0n) is 27.1. The van der Waals surface area contributed by atoms with Crippen LogP contribution in [0.2, 0.25) is 0 Å². The van der Waals surface area contributed by atoms with Crippen LogP contribution in [0.5, 0.6) is 0 Å². The fourth-order valence-corrected chi connectivity index (χ4v) is 5.15. The lowest BCUT2D eigenvalue weighted by molar-refractivity contribution is -0.154. The van der Waals surface area contributed by atoms with Crippen LogP contribution in [0.1, 0.15) is 187 Å². The number of carbonyl (C=O) groups excluding carboxylic acids is 1. The largest absolute Gasteiger partial charge is 0.457 e. The molecule has 40 heavy (non-hydrogen) atoms. The number of unbranched alkanes of at least 4 members (excludes halogenated alkanes) is 23. The van der Waals surface area contributed by atoms with E-state index in [9.17, 15) is 9.90 Å². The van der Waals surface area contributed by atoms with Crippen molar-refractivity contribution in [1.82, 2.24) is 0 Å². The molecule has 0 aromatic carbocycles. The summed E-state index contributed by atoms with van der Waals surface area (Å²) in [6.45, 7) is 5.34. The Hall–Kier alpha value is -0.870. The van der Waals surface area contributed by atoms with Crippen LogP contribution in [0.3, 0.4) is 0 Å². The molecule has 0 rings (SSSR count). The van der Waals surface area contributed by atoms with Crippen molar-refractivity contribution >= 4 is 5.97 Å². The van der Waals surface area contributed by atoms with Crippen molar-refractivity contribution in [3.05, 3.63) is 12.2 Å². The van der Waals surface area contributed by atoms with E-state index in [1.165, 1.54) is 148 Å². The maximum absolute atomic E-state index is 12.1. The normalized spacial score (nSPS) is 12.4. The van der Waals surface area contributed by atoms with E-state index < -0.39 is 6.10 Å². The van der Waals surface area contributed by atoms with E-state index in [0.717, 1.165) is 19.3 Å². The van der Waals surface area contributed by atoms with Crippen LogP contribution in [0, 0.1) is 0 Å². The van der Waals surface area contributed by atoms with Crippen molar-refractivity contribution in [3.8, 4) is 0 Å². The molecule has 4 nitrogen and oxygen atoms in total. The maximum Gasteiger partial charge on any atom is 0.306 e. The highest BCUT2D eigenvalue weighted by Crippen LogP contribution is 2.14. The standard InChI is InChI=1S/C36H70O4/c1-3-5-7-9-11-13-15-17-18-20-22-24-26-28-30-32-39-34-35(33-37)40-36(38)31-29-27-25-23-21-19-16-14-12-10-8-6-4-2/h15,17,35,37H,3-14,16,18-34H2,1-2H3/b17-15-. The zero-order chi connectivity index (χ0) is 29.2. The predicted molar refractivity (Wildman–Crippen MR) is 173 cm³/mol. The summed E-state index contributed by atoms with van der Waals surface area (Å²) in [4.78, 5) is 12.1. The molecule has 0 aromatic rings. The average Bonchev–Trinajstić information content (AvgIpc) is 2.96. The van der Waals surface area contributed by atoms with Crippen molar-refractivity contribution in [3.63, 3.8) is 0 Å². The number of esters is 1. The van der Waals surface area contributed by atoms with Gasteiger partial charge in [0, 0.05) is 13.0 Å². The SMILES string of the molecule is CCCCCCC/C=C\CCCCCCCCOCC(CO)OC(=O)CCCCCCCCCCCCCCC. The number of hydrogen-bond acceptors (Lipinski definition) is 4. The monoisotopic (exact) mass is 567 g/mol. The average molecular weight is 567 g/mol. The molecule has 1 atom stereocenters. The number of aliphatic hydroxyl groups is 1. The van der Waals surface area contributed by atoms with E-state index in [1.807, 2.05) is 0 Å². The Morgan fingerprint density at radius 2 is 0.975 bits per heavy atom. The lowest BCUT2D eigenvalue weighted by atomic mass is 10.0. The highest BCUT2D eigenvalue weighted by Gasteiger charge is 2.13. The second kappa shape index (κ2) is 34.3. The topological polar surface area (TPSA) is 55.8 Å². The van der Waals surface area contributed by atoms with E-state index >= 15 is 0 Å². The molecule has 0 saturated carbocycles. The zero-order valence-corrected chi connectivity index (χ0v) is 27.1. The van der Waals surface area contributed by atoms with Gasteiger partial charge < -0.3 is 14.6 Å². The molecule has 0 bridgehead atoms. The summed E-state index contributed by atoms with van der Waals surface area (Å²) >= 11 is 0. The first-order valence-corrected chi connectivity index (χ1v) is 17.8. The summed E-state index contributed by atoms with van der Waals surface area (Å²) in [5.74, 6) is -0.201. The van der Waals surface area contributed by atoms with Crippen molar-refractivity contribution in [1.29, 1.82) is 0 Å². The van der Waals surface area contributed by atoms with Gasteiger partial charge in [-0.3, -0.25) is 4.79 Å². The van der Waals surface area contributed by atoms with Gasteiger partial charge in [0.05, 0.1) is 13.2 Å². The molecule has 0 aromatic heterocycles. The summed E-state index contributed by atoms with van der Waals surface area (Å²) in [6.07, 6.45) is 38.1. The van der Waals surface area contributed by atoms with Gasteiger partial charge in [0.25, 0.3) is 0 Å². The number of hydrogen-bond donors (Lipinski definition) is 1. The van der Waals surface area contributed by atoms with Gasteiger partial charge in [-0.1, -0.05) is 154 Å². The van der Waals surface area contributed by atoms with Crippen LogP contribution in [0.4, 0.5) is 0 Å². The molecule has 0 aliphatic carbocycles. The van der Waals surface area contributed by atoms with E-state index in [2.05, 4.69) is 26.0 Å². The first-order valence-electron chi connectivity index (χ1n) is 17.8. The third-order valence-electron chi connectivity index (χ3n) is 7.84. The number of carbonyl (C=O) groups is 1. The van der Waals surface area contributed by atoms with Gasteiger partial charge in [0.1, 0.15) is 6.10 Å². The third-order valence-corrected chi connectivity index (χ3v) is 7.84. The minimum Gasteiger partial charge on any atom is -0.457 e. The molecule has 0 heterocycles. The molecule has 0 radical (unpaired) electrons. The molecule has 238 valence electrons. The summed E-state index contributed by atoms with van der Waals surface area (Å²) < 4.78 is 11.1. The molecule has 0 aliphatic rings. The predicted octanol–water partition coefficient (Wildman–Crippen LogP) is 11.0. The molecule has 0 aliphatic heterocycles. The number of rotatable bonds is 33. The number of ether oxygens (including phenoxy) is 2. The highest BCUT2D eigenvalue weighted by atomic mass is 16.6. The smallest absolute Gasteiger partial charge is 0.306 e. The van der Waals surface area contributed by atoms with Gasteiger partial charge in [-0.2, -0.15) is 0 Å². The van der Waals surface area contributed by atoms with Crippen LogP contribution >= 0.6 is 0 Å². The Labute approximate surface area is 250 Å². The first kappa shape index (κ1) is 39.1. The highest BCUT2D eigenvalue weighted by molar-refractivity contribution is 5.69. The second-order valence-electron chi connectivity index (χ2n) is 11.9. The van der Waals surface area contributed by atoms with Gasteiger partial charge in [-0.15, -0.1) is 0 Å². The molecule has 0 amide bonds. The Bertz CT molecular complexity index is 519. The Balaban J connectivity index is 3.42. The van der Waals surface area contributed by atoms with Crippen LogP contribution < -0.4 is 0 Å². The van der Waals surface area contributed by atoms with Crippen LogP contribution in [0.15, 0.2) is 12.2 Å². The number of aliphatic hydroxyl groups excluding tert-OH is 1. The van der Waals surface area contributed by atoms with Crippen molar-refractivity contribution in [2.24, 2.45) is 0 Å². The fraction of sp³-hybridized carbons (Fsp3) is 0.917. The Morgan fingerprint density at radius 1 is 0.575 bits per heavy atom. The Morgan fingerprint density at radius 3 is 1.43 bits per heavy atom. The first-order chi connectivity index (χ1) is 19.7. The summed E-state index contributed by atoms with van der Waals surface area (Å²) in [6, 6.07) is 0. The van der Waals surface area contributed by atoms with Crippen LogP contribution in [0.25, 0.3) is 0 Å². The van der Waals surface area contributed by atoms with Gasteiger partial charge >= 0.3 is 5.97 Å². The van der Waals surface area contributed by atoms with Gasteiger partial charge in [-0.05, 0) is 38.5 Å². The van der Waals surface area contributed by atoms with E-state index in [-0.39, 0.29) is 12.6 Å². The maximum atomic E-state index is 12.1. The van der Waals surface area contributed by atoms with E-state index in [4.69, 9.17) is 9.47 Å². The molecule has 0 saturated heterocycles. The molecular formula is C36H70O4. The Kier molecular flexibility index (Phi) is 33.6. The molecule has 4 heteroatoms. The molecule has 0 fully saturated rings. The van der Waals surface area contributed by atoms with Crippen LogP contribution in [-0.2, 0) is 14.3 Å². The van der Waals surface area contributed by atoms with Crippen molar-refractivity contribution in [2.75, 3.05) is 19.8 Å². The molecule has 0 spiro atoms. The third kappa shape index (κ3) is 31.7. The molecule has 1 N–H and O–H groups in total. The number of allylic oxidation sites excluding steroid dienone is 2. The quantitative estimate of drug-likeness (QED) is 0.0487. The van der Waals surface area contributed by atoms with Crippen LogP contribution in [-0.4, -0.2) is 37.0 Å². The molecule has 1 unspecified atom stereocenters. The lowest BCUT2D eigenvalue weighted by Gasteiger charge is -2.15. The lowest BCUT2D eigenvalue weighted by Crippen LogP contribution is -2.27. The fourth-order valence-electron chi connectivity index (χ4n) is 5.15. The van der Waals surface area contributed by atoms with Gasteiger partial charge in [0.2, 0.25) is 0 Å². The minimum atomic E-state index is -0.529. The molecular weight excluding hydrogens is 496 g/mol. The van der Waals surface area contributed by atoms with Crippen molar-refractivity contribution < 1.29 is 19.4 Å². The van der Waals surface area contributed by atoms with E-state index in [0.29, 0.717) is 19.6 Å². The van der Waals surface area contributed by atoms with Crippen molar-refractivity contribution in [2.45, 2.75) is 193 Å². The summed E-state index contributed by atoms with van der Waals surface area (Å²) in [7, 11) is 0.